The molecule has 0 aliphatic carbocycles. The number of nitrogens with zero attached hydrogens (tertiary/aromatic N) is 1. The number of hydrogen-bond donors (Lipinski definition) is 2. The minimum Gasteiger partial charge on any atom is -0.493 e. The summed E-state index contributed by atoms with van der Waals surface area (Å²) in [6.07, 6.45) is -0.242. The maximum atomic E-state index is 12.8. The third-order valence-electron chi connectivity index (χ3n) is 4.63. The Morgan fingerprint density at radius 1 is 1.15 bits per heavy atom. The lowest BCUT2D eigenvalue weighted by molar-refractivity contribution is -0.137. The highest BCUT2D eigenvalue weighted by molar-refractivity contribution is 5.96. The predicted octanol–water partition coefficient (Wildman–Crippen LogP) is 3.09. The van der Waals surface area contributed by atoms with Crippen molar-refractivity contribution in [2.24, 2.45) is 0 Å². The highest BCUT2D eigenvalue weighted by Crippen LogP contribution is 2.31. The Kier molecular flexibility index (Phi) is 6.50. The molecular formula is C20H26N2O5. The maximum absolute atomic E-state index is 12.8. The van der Waals surface area contributed by atoms with Crippen molar-refractivity contribution in [2.75, 3.05) is 14.2 Å². The van der Waals surface area contributed by atoms with Crippen LogP contribution in [-0.4, -0.2) is 35.8 Å². The van der Waals surface area contributed by atoms with Gasteiger partial charge in [-0.3, -0.25) is 9.59 Å². The highest BCUT2D eigenvalue weighted by Gasteiger charge is 2.23. The van der Waals surface area contributed by atoms with E-state index >= 15 is 0 Å². The number of nitrogens with one attached hydrogen (secondary N) is 1. The van der Waals surface area contributed by atoms with Crippen molar-refractivity contribution in [1.82, 2.24) is 9.88 Å². The SMILES string of the molecule is CCn1c(C)cc(C(=O)NC(CC(=O)O)c2ccc(OC)c(OC)c2)c1C. The predicted molar refractivity (Wildman–Crippen MR) is 102 cm³/mol. The van der Waals surface area contributed by atoms with Crippen LogP contribution in [0.25, 0.3) is 0 Å². The second kappa shape index (κ2) is 8.62. The first-order valence-corrected chi connectivity index (χ1v) is 8.73. The van der Waals surface area contributed by atoms with Gasteiger partial charge in [-0.2, -0.15) is 0 Å². The van der Waals surface area contributed by atoms with Gasteiger partial charge in [0.1, 0.15) is 0 Å². The fraction of sp³-hybridized carbons (Fsp3) is 0.400. The van der Waals surface area contributed by atoms with E-state index in [1.165, 1.54) is 14.2 Å². The van der Waals surface area contributed by atoms with Gasteiger partial charge in [0.05, 0.1) is 32.2 Å². The number of carboxylic acid groups (broad SMARTS) is 1. The van der Waals surface area contributed by atoms with Crippen molar-refractivity contribution < 1.29 is 24.2 Å². The molecule has 1 aromatic carbocycles. The summed E-state index contributed by atoms with van der Waals surface area (Å²) in [6, 6.07) is 6.23. The van der Waals surface area contributed by atoms with Crippen molar-refractivity contribution in [3.05, 3.63) is 46.8 Å². The smallest absolute Gasteiger partial charge is 0.305 e. The molecule has 0 aliphatic heterocycles. The molecular weight excluding hydrogens is 348 g/mol. The first-order chi connectivity index (χ1) is 12.8. The third-order valence-corrected chi connectivity index (χ3v) is 4.63. The Hall–Kier alpha value is -2.96. The molecule has 2 rings (SSSR count). The van der Waals surface area contributed by atoms with E-state index in [1.54, 1.807) is 18.2 Å². The second-order valence-electron chi connectivity index (χ2n) is 6.27. The molecule has 0 saturated carbocycles. The standard InChI is InChI=1S/C20H26N2O5/c1-6-22-12(2)9-15(13(22)3)20(25)21-16(11-19(23)24)14-7-8-17(26-4)18(10-14)27-5/h7-10,16H,6,11H2,1-5H3,(H,21,25)(H,23,24). The quantitative estimate of drug-likeness (QED) is 0.741. The highest BCUT2D eigenvalue weighted by atomic mass is 16.5. The number of ether oxygens (including phenoxy) is 2. The average Bonchev–Trinajstić information content (AvgIpc) is 2.93. The lowest BCUT2D eigenvalue weighted by Crippen LogP contribution is -2.30. The summed E-state index contributed by atoms with van der Waals surface area (Å²) >= 11 is 0. The van der Waals surface area contributed by atoms with Crippen molar-refractivity contribution in [3.8, 4) is 11.5 Å². The van der Waals surface area contributed by atoms with Crippen LogP contribution in [0.4, 0.5) is 0 Å². The lowest BCUT2D eigenvalue weighted by Gasteiger charge is -2.19. The van der Waals surface area contributed by atoms with Gasteiger partial charge in [0, 0.05) is 17.9 Å². The summed E-state index contributed by atoms with van der Waals surface area (Å²) in [7, 11) is 3.03. The van der Waals surface area contributed by atoms with E-state index in [1.807, 2.05) is 31.4 Å². The Balaban J connectivity index is 2.35. The lowest BCUT2D eigenvalue weighted by atomic mass is 10.0. The topological polar surface area (TPSA) is 89.8 Å². The molecule has 1 unspecified atom stereocenters. The summed E-state index contributed by atoms with van der Waals surface area (Å²) in [5.41, 5.74) is 3.02. The normalized spacial score (nSPS) is 11.7. The Morgan fingerprint density at radius 2 is 1.81 bits per heavy atom. The number of carbonyl (C=O) groups is 2. The number of methoxy groups -OCH3 is 2. The van der Waals surface area contributed by atoms with Crippen LogP contribution < -0.4 is 14.8 Å². The summed E-state index contributed by atoms with van der Waals surface area (Å²) in [6.45, 7) is 6.60. The molecule has 1 heterocycles. The van der Waals surface area contributed by atoms with Gasteiger partial charge in [-0.15, -0.1) is 0 Å². The molecule has 27 heavy (non-hydrogen) atoms. The van der Waals surface area contributed by atoms with E-state index in [2.05, 4.69) is 5.32 Å². The van der Waals surface area contributed by atoms with Gasteiger partial charge in [0.25, 0.3) is 5.91 Å². The fourth-order valence-corrected chi connectivity index (χ4v) is 3.25. The summed E-state index contributed by atoms with van der Waals surface area (Å²) in [5, 5.41) is 12.1. The Labute approximate surface area is 158 Å². The third kappa shape index (κ3) is 4.42. The zero-order valence-electron chi connectivity index (χ0n) is 16.3. The summed E-state index contributed by atoms with van der Waals surface area (Å²) in [4.78, 5) is 24.2. The average molecular weight is 374 g/mol. The zero-order chi connectivity index (χ0) is 20.1. The van der Waals surface area contributed by atoms with E-state index in [-0.39, 0.29) is 12.3 Å². The number of hydrogen-bond acceptors (Lipinski definition) is 4. The molecule has 2 aromatic rings. The van der Waals surface area contributed by atoms with Crippen LogP contribution in [0, 0.1) is 13.8 Å². The Morgan fingerprint density at radius 3 is 2.33 bits per heavy atom. The van der Waals surface area contributed by atoms with E-state index in [9.17, 15) is 14.7 Å². The second-order valence-corrected chi connectivity index (χ2v) is 6.27. The largest absolute Gasteiger partial charge is 0.493 e. The number of aromatic nitrogens is 1. The van der Waals surface area contributed by atoms with Crippen molar-refractivity contribution in [3.63, 3.8) is 0 Å². The molecule has 1 amide bonds. The van der Waals surface area contributed by atoms with Crippen LogP contribution in [0.15, 0.2) is 24.3 Å². The number of rotatable bonds is 8. The van der Waals surface area contributed by atoms with Gasteiger partial charge < -0.3 is 24.5 Å². The van der Waals surface area contributed by atoms with Crippen LogP contribution in [0.3, 0.4) is 0 Å². The monoisotopic (exact) mass is 374 g/mol. The van der Waals surface area contributed by atoms with Crippen molar-refractivity contribution in [2.45, 2.75) is 39.8 Å². The molecule has 0 bridgehead atoms. The molecule has 0 radical (unpaired) electrons. The molecule has 0 fully saturated rings. The summed E-state index contributed by atoms with van der Waals surface area (Å²) < 4.78 is 12.5. The molecule has 0 spiro atoms. The number of carboxylic acids is 1. The van der Waals surface area contributed by atoms with Crippen LogP contribution >= 0.6 is 0 Å². The van der Waals surface area contributed by atoms with E-state index in [4.69, 9.17) is 9.47 Å². The maximum Gasteiger partial charge on any atom is 0.305 e. The van der Waals surface area contributed by atoms with Crippen molar-refractivity contribution >= 4 is 11.9 Å². The summed E-state index contributed by atoms with van der Waals surface area (Å²) in [5.74, 6) is -0.296. The van der Waals surface area contributed by atoms with E-state index in [0.29, 0.717) is 22.6 Å². The molecule has 1 aromatic heterocycles. The first kappa shape index (κ1) is 20.4. The molecule has 7 nitrogen and oxygen atoms in total. The number of aryl methyl sites for hydroxylation is 1. The minimum atomic E-state index is -1.01. The van der Waals surface area contributed by atoms with Gasteiger partial charge in [-0.1, -0.05) is 6.07 Å². The minimum absolute atomic E-state index is 0.242. The number of carbonyl (C=O) groups excluding carboxylic acids is 1. The number of benzene rings is 1. The molecule has 7 heteroatoms. The van der Waals surface area contributed by atoms with Gasteiger partial charge in [0.15, 0.2) is 11.5 Å². The van der Waals surface area contributed by atoms with Gasteiger partial charge >= 0.3 is 5.97 Å². The van der Waals surface area contributed by atoms with Crippen LogP contribution in [0.1, 0.15) is 46.7 Å². The first-order valence-electron chi connectivity index (χ1n) is 8.73. The van der Waals surface area contributed by atoms with Crippen LogP contribution in [0.2, 0.25) is 0 Å². The van der Waals surface area contributed by atoms with E-state index < -0.39 is 12.0 Å². The number of amides is 1. The van der Waals surface area contributed by atoms with Gasteiger partial charge in [-0.25, -0.2) is 0 Å². The van der Waals surface area contributed by atoms with Crippen LogP contribution in [0.5, 0.6) is 11.5 Å². The molecule has 146 valence electrons. The van der Waals surface area contributed by atoms with Crippen molar-refractivity contribution in [1.29, 1.82) is 0 Å². The Bertz CT molecular complexity index is 841. The number of aliphatic carboxylic acids is 1. The molecule has 1 atom stereocenters. The van der Waals surface area contributed by atoms with Gasteiger partial charge in [0.2, 0.25) is 0 Å². The zero-order valence-corrected chi connectivity index (χ0v) is 16.3. The van der Waals surface area contributed by atoms with Gasteiger partial charge in [-0.05, 0) is 44.5 Å². The fourth-order valence-electron chi connectivity index (χ4n) is 3.25. The molecule has 2 N–H and O–H groups in total. The van der Waals surface area contributed by atoms with E-state index in [0.717, 1.165) is 17.9 Å². The van der Waals surface area contributed by atoms with Crippen LogP contribution in [-0.2, 0) is 11.3 Å². The molecule has 0 aliphatic rings. The molecule has 0 saturated heterocycles.